The highest BCUT2D eigenvalue weighted by molar-refractivity contribution is 5.91. The maximum atomic E-state index is 13.4. The normalized spacial score (nSPS) is 13.5. The van der Waals surface area contributed by atoms with E-state index in [9.17, 15) is 28.8 Å². The number of carbonyl (C=O) groups is 4. The summed E-state index contributed by atoms with van der Waals surface area (Å²) >= 11 is 0. The molecule has 0 bridgehead atoms. The zero-order chi connectivity index (χ0) is 28.8. The summed E-state index contributed by atoms with van der Waals surface area (Å²) in [5.41, 5.74) is 1.33. The highest BCUT2D eigenvalue weighted by Crippen LogP contribution is 2.12. The molecule has 10 nitrogen and oxygen atoms in total. The lowest BCUT2D eigenvalue weighted by atomic mass is 9.96. The van der Waals surface area contributed by atoms with Crippen LogP contribution in [-0.2, 0) is 32.1 Å². The van der Waals surface area contributed by atoms with Gasteiger partial charge < -0.3 is 26.0 Å². The molecule has 0 saturated heterocycles. The standard InChI is InChI=1S/C28H34FN5O5/c1-4-21(26(36)31-3)15-23(16-30)33-25(35)18(2)32-27(37)24(14-19-10-12-22(29)13-11-19)34-28(38)39-17-20-8-6-5-7-9-20/h5-13,18,21,23-24H,4,14-15,17H2,1-3H3,(H,31,36)(H,32,37)(H,33,35)(H,34,38)/t18-,21?,23?,24-/m0/s1. The Kier molecular flexibility index (Phi) is 12.4. The molecular formula is C28H34FN5O5. The van der Waals surface area contributed by atoms with Crippen LogP contribution in [-0.4, -0.2) is 49.0 Å². The number of ether oxygens (including phenoxy) is 1. The third-order valence-electron chi connectivity index (χ3n) is 6.03. The van der Waals surface area contributed by atoms with Gasteiger partial charge in [-0.05, 0) is 43.0 Å². The molecule has 11 heteroatoms. The Bertz CT molecular complexity index is 1150. The second-order valence-electron chi connectivity index (χ2n) is 8.96. The molecule has 2 rings (SSSR count). The molecule has 0 aromatic heterocycles. The monoisotopic (exact) mass is 539 g/mol. The van der Waals surface area contributed by atoms with Gasteiger partial charge in [-0.1, -0.05) is 49.4 Å². The van der Waals surface area contributed by atoms with E-state index in [1.54, 1.807) is 31.2 Å². The van der Waals surface area contributed by atoms with Crippen LogP contribution < -0.4 is 21.3 Å². The Morgan fingerprint density at radius 2 is 1.59 bits per heavy atom. The Balaban J connectivity index is 2.04. The first-order valence-electron chi connectivity index (χ1n) is 12.6. The van der Waals surface area contributed by atoms with E-state index in [2.05, 4.69) is 21.3 Å². The van der Waals surface area contributed by atoms with Gasteiger partial charge in [0, 0.05) is 19.4 Å². The molecule has 2 aromatic rings. The lowest BCUT2D eigenvalue weighted by molar-refractivity contribution is -0.130. The molecule has 0 heterocycles. The first-order chi connectivity index (χ1) is 18.7. The average molecular weight is 540 g/mol. The van der Waals surface area contributed by atoms with E-state index in [4.69, 9.17) is 4.74 Å². The molecule has 0 radical (unpaired) electrons. The molecular weight excluding hydrogens is 505 g/mol. The molecule has 0 aliphatic rings. The Hall–Kier alpha value is -4.46. The van der Waals surface area contributed by atoms with Gasteiger partial charge in [-0.25, -0.2) is 9.18 Å². The fraction of sp³-hybridized carbons (Fsp3) is 0.393. The first-order valence-corrected chi connectivity index (χ1v) is 12.6. The van der Waals surface area contributed by atoms with Crippen LogP contribution in [0.15, 0.2) is 54.6 Å². The predicted molar refractivity (Wildman–Crippen MR) is 141 cm³/mol. The minimum atomic E-state index is -1.14. The summed E-state index contributed by atoms with van der Waals surface area (Å²) in [6.07, 6.45) is -0.243. The van der Waals surface area contributed by atoms with Gasteiger partial charge in [0.25, 0.3) is 0 Å². The number of amides is 4. The quantitative estimate of drug-likeness (QED) is 0.307. The zero-order valence-electron chi connectivity index (χ0n) is 22.2. The van der Waals surface area contributed by atoms with Crippen molar-refractivity contribution < 1.29 is 28.3 Å². The van der Waals surface area contributed by atoms with Crippen LogP contribution in [0.4, 0.5) is 9.18 Å². The number of nitrogens with one attached hydrogen (secondary N) is 4. The molecule has 0 fully saturated rings. The topological polar surface area (TPSA) is 149 Å². The van der Waals surface area contributed by atoms with Crippen molar-refractivity contribution in [2.45, 2.75) is 57.8 Å². The summed E-state index contributed by atoms with van der Waals surface area (Å²) in [7, 11) is 1.50. The lowest BCUT2D eigenvalue weighted by Gasteiger charge is -2.23. The van der Waals surface area contributed by atoms with Crippen molar-refractivity contribution in [2.24, 2.45) is 5.92 Å². The van der Waals surface area contributed by atoms with Crippen LogP contribution in [0, 0.1) is 23.1 Å². The Labute approximate surface area is 227 Å². The average Bonchev–Trinajstić information content (AvgIpc) is 2.94. The number of benzene rings is 2. The van der Waals surface area contributed by atoms with Crippen LogP contribution in [0.25, 0.3) is 0 Å². The van der Waals surface area contributed by atoms with Crippen molar-refractivity contribution in [3.8, 4) is 6.07 Å². The second kappa shape index (κ2) is 15.7. The van der Waals surface area contributed by atoms with Gasteiger partial charge in [-0.3, -0.25) is 14.4 Å². The van der Waals surface area contributed by atoms with Gasteiger partial charge in [0.2, 0.25) is 17.7 Å². The minimum absolute atomic E-state index is 0.00597. The number of carbonyl (C=O) groups excluding carboxylic acids is 4. The van der Waals surface area contributed by atoms with Crippen LogP contribution in [0.2, 0.25) is 0 Å². The third kappa shape index (κ3) is 10.4. The van der Waals surface area contributed by atoms with Crippen LogP contribution in [0.5, 0.6) is 0 Å². The zero-order valence-corrected chi connectivity index (χ0v) is 22.2. The third-order valence-corrected chi connectivity index (χ3v) is 6.03. The Morgan fingerprint density at radius 3 is 2.18 bits per heavy atom. The van der Waals surface area contributed by atoms with Gasteiger partial charge in [0.15, 0.2) is 0 Å². The number of nitrogens with zero attached hydrogens (tertiary/aromatic N) is 1. The molecule has 4 atom stereocenters. The predicted octanol–water partition coefficient (Wildman–Crippen LogP) is 2.34. The minimum Gasteiger partial charge on any atom is -0.445 e. The lowest BCUT2D eigenvalue weighted by Crippen LogP contribution is -2.54. The molecule has 4 amide bonds. The van der Waals surface area contributed by atoms with Crippen LogP contribution >= 0.6 is 0 Å². The summed E-state index contributed by atoms with van der Waals surface area (Å²) in [4.78, 5) is 50.3. The smallest absolute Gasteiger partial charge is 0.408 e. The maximum absolute atomic E-state index is 13.4. The van der Waals surface area contributed by atoms with Gasteiger partial charge in [0.05, 0.1) is 6.07 Å². The maximum Gasteiger partial charge on any atom is 0.408 e. The van der Waals surface area contributed by atoms with Gasteiger partial charge in [0.1, 0.15) is 30.5 Å². The van der Waals surface area contributed by atoms with Crippen molar-refractivity contribution in [3.63, 3.8) is 0 Å². The van der Waals surface area contributed by atoms with Gasteiger partial charge in [-0.15, -0.1) is 0 Å². The molecule has 4 N–H and O–H groups in total. The Morgan fingerprint density at radius 1 is 0.923 bits per heavy atom. The van der Waals surface area contributed by atoms with E-state index in [0.29, 0.717) is 12.0 Å². The van der Waals surface area contributed by atoms with Crippen molar-refractivity contribution in [1.82, 2.24) is 21.3 Å². The van der Waals surface area contributed by atoms with E-state index in [1.807, 2.05) is 12.1 Å². The molecule has 0 spiro atoms. The van der Waals surface area contributed by atoms with E-state index in [0.717, 1.165) is 5.56 Å². The molecule has 2 unspecified atom stereocenters. The molecule has 0 aliphatic carbocycles. The summed E-state index contributed by atoms with van der Waals surface area (Å²) in [5, 5.41) is 19.6. The molecule has 39 heavy (non-hydrogen) atoms. The van der Waals surface area contributed by atoms with E-state index in [1.165, 1.54) is 38.2 Å². The summed E-state index contributed by atoms with van der Waals surface area (Å²) < 4.78 is 18.6. The molecule has 208 valence electrons. The molecule has 0 aliphatic heterocycles. The largest absolute Gasteiger partial charge is 0.445 e. The fourth-order valence-electron chi connectivity index (χ4n) is 3.74. The van der Waals surface area contributed by atoms with Crippen molar-refractivity contribution >= 4 is 23.8 Å². The number of alkyl carbamates (subject to hydrolysis) is 1. The van der Waals surface area contributed by atoms with E-state index in [-0.39, 0.29) is 25.4 Å². The number of hydrogen-bond acceptors (Lipinski definition) is 6. The number of nitriles is 1. The van der Waals surface area contributed by atoms with Crippen molar-refractivity contribution in [3.05, 3.63) is 71.5 Å². The number of hydrogen-bond donors (Lipinski definition) is 4. The van der Waals surface area contributed by atoms with Crippen molar-refractivity contribution in [2.75, 3.05) is 7.05 Å². The van der Waals surface area contributed by atoms with Gasteiger partial charge >= 0.3 is 6.09 Å². The first kappa shape index (κ1) is 30.8. The van der Waals surface area contributed by atoms with Crippen molar-refractivity contribution in [1.29, 1.82) is 5.26 Å². The highest BCUT2D eigenvalue weighted by atomic mass is 19.1. The molecule has 2 aromatic carbocycles. The van der Waals surface area contributed by atoms with E-state index < -0.39 is 47.8 Å². The number of rotatable bonds is 13. The summed E-state index contributed by atoms with van der Waals surface area (Å²) in [6.45, 7) is 3.22. The van der Waals surface area contributed by atoms with Crippen LogP contribution in [0.1, 0.15) is 37.8 Å². The van der Waals surface area contributed by atoms with Gasteiger partial charge in [-0.2, -0.15) is 5.26 Å². The summed E-state index contributed by atoms with van der Waals surface area (Å²) in [5.74, 6) is -2.45. The van der Waals surface area contributed by atoms with E-state index >= 15 is 0 Å². The highest BCUT2D eigenvalue weighted by Gasteiger charge is 2.28. The fourth-order valence-corrected chi connectivity index (χ4v) is 3.74. The SMILES string of the molecule is CCC(CC(C#N)NC(=O)[C@H](C)NC(=O)[C@H](Cc1ccc(F)cc1)NC(=O)OCc1ccccc1)C(=O)NC. The number of halogens is 1. The van der Waals surface area contributed by atoms with Crippen LogP contribution in [0.3, 0.4) is 0 Å². The summed E-state index contributed by atoms with van der Waals surface area (Å²) in [6, 6.07) is 13.2. The molecule has 0 saturated carbocycles. The second-order valence-corrected chi connectivity index (χ2v) is 8.96.